The molecule has 0 unspecified atom stereocenters. The number of nitrogens with one attached hydrogen (secondary N) is 1. The molecular weight excluding hydrogens is 390 g/mol. The van der Waals surface area contributed by atoms with Crippen LogP contribution in [0.2, 0.25) is 0 Å². The lowest BCUT2D eigenvalue weighted by atomic mass is 10.1. The molecular formula is C17H14BrN3O2S. The molecule has 0 saturated heterocycles. The number of nitrogen functional groups attached to an aromatic ring is 1. The molecule has 3 rings (SSSR count). The molecule has 3 N–H and O–H groups in total. The molecule has 1 amide bonds. The van der Waals surface area contributed by atoms with E-state index in [1.165, 1.54) is 11.3 Å². The van der Waals surface area contributed by atoms with Crippen molar-refractivity contribution in [3.8, 4) is 17.0 Å². The van der Waals surface area contributed by atoms with Gasteiger partial charge >= 0.3 is 0 Å². The molecule has 2 aromatic carbocycles. The molecule has 1 heterocycles. The molecule has 0 fully saturated rings. The second-order valence-corrected chi connectivity index (χ2v) is 6.60. The van der Waals surface area contributed by atoms with Gasteiger partial charge in [-0.15, -0.1) is 11.3 Å². The Morgan fingerprint density at radius 2 is 2.04 bits per heavy atom. The molecule has 0 aliphatic heterocycles. The van der Waals surface area contributed by atoms with Crippen LogP contribution in [0.5, 0.6) is 5.75 Å². The van der Waals surface area contributed by atoms with E-state index in [-0.39, 0.29) is 12.5 Å². The van der Waals surface area contributed by atoms with Crippen molar-refractivity contribution in [3.63, 3.8) is 0 Å². The number of hydrogen-bond donors (Lipinski definition) is 2. The number of benzene rings is 2. The first-order chi connectivity index (χ1) is 11.6. The van der Waals surface area contributed by atoms with Gasteiger partial charge in [0.05, 0.1) is 16.9 Å². The predicted molar refractivity (Wildman–Crippen MR) is 100 cm³/mol. The quantitative estimate of drug-likeness (QED) is 0.626. The van der Waals surface area contributed by atoms with Crippen LogP contribution < -0.4 is 15.8 Å². The zero-order valence-corrected chi connectivity index (χ0v) is 14.9. The maximum absolute atomic E-state index is 11.9. The lowest BCUT2D eigenvalue weighted by Gasteiger charge is -2.10. The molecule has 24 heavy (non-hydrogen) atoms. The van der Waals surface area contributed by atoms with Gasteiger partial charge in [-0.05, 0) is 42.5 Å². The smallest absolute Gasteiger partial charge is 0.262 e. The van der Waals surface area contributed by atoms with Crippen molar-refractivity contribution in [2.45, 2.75) is 0 Å². The molecule has 0 aliphatic rings. The molecule has 0 bridgehead atoms. The summed E-state index contributed by atoms with van der Waals surface area (Å²) in [5.74, 6) is 0.222. The van der Waals surface area contributed by atoms with E-state index in [2.05, 4.69) is 26.2 Å². The van der Waals surface area contributed by atoms with Gasteiger partial charge in [0.15, 0.2) is 6.61 Å². The van der Waals surface area contributed by atoms with Gasteiger partial charge in [0.25, 0.3) is 5.91 Å². The Balaban J connectivity index is 1.60. The molecule has 3 aromatic rings. The van der Waals surface area contributed by atoms with Crippen molar-refractivity contribution in [3.05, 3.63) is 57.8 Å². The first-order valence-corrected chi connectivity index (χ1v) is 8.82. The third-order valence-corrected chi connectivity index (χ3v) is 4.34. The van der Waals surface area contributed by atoms with Crippen LogP contribution in [0, 0.1) is 0 Å². The molecule has 0 radical (unpaired) electrons. The summed E-state index contributed by atoms with van der Waals surface area (Å²) in [7, 11) is 0. The zero-order valence-electron chi connectivity index (χ0n) is 12.5. The topological polar surface area (TPSA) is 77.2 Å². The SMILES string of the molecule is Nc1cc(-c2cscn2)ccc1OCC(=O)Nc1ccc(Br)cc1. The Kier molecular flexibility index (Phi) is 5.12. The lowest BCUT2D eigenvalue weighted by molar-refractivity contribution is -0.118. The van der Waals surface area contributed by atoms with Gasteiger partial charge in [0.1, 0.15) is 5.75 Å². The van der Waals surface area contributed by atoms with Crippen LogP contribution in [0.25, 0.3) is 11.3 Å². The van der Waals surface area contributed by atoms with E-state index in [9.17, 15) is 4.79 Å². The number of aromatic nitrogens is 1. The van der Waals surface area contributed by atoms with E-state index in [1.807, 2.05) is 23.6 Å². The number of thiazole rings is 1. The number of nitrogens with zero attached hydrogens (tertiary/aromatic N) is 1. The van der Waals surface area contributed by atoms with Gasteiger partial charge in [-0.2, -0.15) is 0 Å². The van der Waals surface area contributed by atoms with Crippen LogP contribution in [0.15, 0.2) is 57.8 Å². The Morgan fingerprint density at radius 1 is 1.25 bits per heavy atom. The highest BCUT2D eigenvalue weighted by atomic mass is 79.9. The van der Waals surface area contributed by atoms with Crippen molar-refractivity contribution in [2.24, 2.45) is 0 Å². The largest absolute Gasteiger partial charge is 0.482 e. The summed E-state index contributed by atoms with van der Waals surface area (Å²) in [6.07, 6.45) is 0. The fourth-order valence-corrected chi connectivity index (χ4v) is 2.89. The van der Waals surface area contributed by atoms with E-state index in [0.29, 0.717) is 17.1 Å². The Bertz CT molecular complexity index is 836. The van der Waals surface area contributed by atoms with Gasteiger partial charge in [-0.3, -0.25) is 4.79 Å². The first-order valence-electron chi connectivity index (χ1n) is 7.08. The van der Waals surface area contributed by atoms with Crippen molar-refractivity contribution in [1.29, 1.82) is 0 Å². The fourth-order valence-electron chi connectivity index (χ4n) is 2.07. The molecule has 1 aromatic heterocycles. The van der Waals surface area contributed by atoms with Gasteiger partial charge in [0, 0.05) is 21.1 Å². The molecule has 7 heteroatoms. The highest BCUT2D eigenvalue weighted by Gasteiger charge is 2.08. The van der Waals surface area contributed by atoms with Crippen LogP contribution in [-0.2, 0) is 4.79 Å². The summed E-state index contributed by atoms with van der Waals surface area (Å²) in [6.45, 7) is -0.115. The summed E-state index contributed by atoms with van der Waals surface area (Å²) < 4.78 is 6.45. The van der Waals surface area contributed by atoms with E-state index in [1.54, 1.807) is 29.8 Å². The minimum absolute atomic E-state index is 0.115. The molecule has 0 spiro atoms. The zero-order chi connectivity index (χ0) is 16.9. The average molecular weight is 404 g/mol. The van der Waals surface area contributed by atoms with Gasteiger partial charge in [-0.25, -0.2) is 4.98 Å². The summed E-state index contributed by atoms with van der Waals surface area (Å²) >= 11 is 4.87. The summed E-state index contributed by atoms with van der Waals surface area (Å²) in [5.41, 5.74) is 10.7. The monoisotopic (exact) mass is 403 g/mol. The van der Waals surface area contributed by atoms with Crippen LogP contribution in [-0.4, -0.2) is 17.5 Å². The number of ether oxygens (including phenoxy) is 1. The third-order valence-electron chi connectivity index (χ3n) is 3.22. The molecule has 0 saturated carbocycles. The second-order valence-electron chi connectivity index (χ2n) is 4.97. The maximum Gasteiger partial charge on any atom is 0.262 e. The maximum atomic E-state index is 11.9. The summed E-state index contributed by atoms with van der Waals surface area (Å²) in [6, 6.07) is 12.7. The van der Waals surface area contributed by atoms with Crippen molar-refractivity contribution in [1.82, 2.24) is 4.98 Å². The standard InChI is InChI=1S/C17H14BrN3O2S/c18-12-2-4-13(5-3-12)21-17(22)8-23-16-6-1-11(7-14(16)19)15-9-24-10-20-15/h1-7,9-10H,8,19H2,(H,21,22). The lowest BCUT2D eigenvalue weighted by Crippen LogP contribution is -2.20. The molecule has 0 atom stereocenters. The predicted octanol–water partition coefficient (Wildman–Crippen LogP) is 4.17. The minimum Gasteiger partial charge on any atom is -0.482 e. The number of carbonyl (C=O) groups is 1. The van der Waals surface area contributed by atoms with E-state index in [0.717, 1.165) is 15.7 Å². The highest BCUT2D eigenvalue weighted by molar-refractivity contribution is 9.10. The third kappa shape index (κ3) is 4.12. The number of halogens is 1. The van der Waals surface area contributed by atoms with Crippen LogP contribution >= 0.6 is 27.3 Å². The highest BCUT2D eigenvalue weighted by Crippen LogP contribution is 2.28. The molecule has 5 nitrogen and oxygen atoms in total. The van der Waals surface area contributed by atoms with Gasteiger partial charge in [0.2, 0.25) is 0 Å². The fraction of sp³-hybridized carbons (Fsp3) is 0.0588. The number of nitrogens with two attached hydrogens (primary N) is 1. The number of anilines is 2. The number of carbonyl (C=O) groups excluding carboxylic acids is 1. The Hall–Kier alpha value is -2.38. The van der Waals surface area contributed by atoms with Crippen LogP contribution in [0.3, 0.4) is 0 Å². The van der Waals surface area contributed by atoms with E-state index >= 15 is 0 Å². The Labute approximate surface area is 151 Å². The second kappa shape index (κ2) is 7.46. The van der Waals surface area contributed by atoms with Gasteiger partial charge < -0.3 is 15.8 Å². The van der Waals surface area contributed by atoms with Crippen LogP contribution in [0.1, 0.15) is 0 Å². The first kappa shape index (κ1) is 16.5. The molecule has 122 valence electrons. The van der Waals surface area contributed by atoms with Gasteiger partial charge in [-0.1, -0.05) is 15.9 Å². The van der Waals surface area contributed by atoms with E-state index < -0.39 is 0 Å². The minimum atomic E-state index is -0.250. The number of amides is 1. The van der Waals surface area contributed by atoms with E-state index in [4.69, 9.17) is 10.5 Å². The molecule has 0 aliphatic carbocycles. The van der Waals surface area contributed by atoms with Crippen molar-refractivity contribution >= 4 is 44.5 Å². The van der Waals surface area contributed by atoms with Crippen LogP contribution in [0.4, 0.5) is 11.4 Å². The summed E-state index contributed by atoms with van der Waals surface area (Å²) in [4.78, 5) is 16.2. The number of rotatable bonds is 5. The van der Waals surface area contributed by atoms with Crippen molar-refractivity contribution in [2.75, 3.05) is 17.7 Å². The van der Waals surface area contributed by atoms with Crippen molar-refractivity contribution < 1.29 is 9.53 Å². The summed E-state index contributed by atoms with van der Waals surface area (Å²) in [5, 5.41) is 4.70. The normalized spacial score (nSPS) is 10.4. The average Bonchev–Trinajstić information content (AvgIpc) is 3.10. The number of hydrogen-bond acceptors (Lipinski definition) is 5. The Morgan fingerprint density at radius 3 is 2.71 bits per heavy atom.